The maximum atomic E-state index is 14.4. The van der Waals surface area contributed by atoms with Crippen molar-refractivity contribution in [3.05, 3.63) is 41.5 Å². The highest BCUT2D eigenvalue weighted by Crippen LogP contribution is 2.46. The molecule has 1 aromatic carbocycles. The molecule has 5 atom stereocenters. The van der Waals surface area contributed by atoms with E-state index in [0.717, 1.165) is 42.7 Å². The van der Waals surface area contributed by atoms with Crippen LogP contribution >= 0.6 is 0 Å². The van der Waals surface area contributed by atoms with Crippen molar-refractivity contribution in [2.75, 3.05) is 37.7 Å². The fourth-order valence-electron chi connectivity index (χ4n) is 8.04. The van der Waals surface area contributed by atoms with E-state index in [2.05, 4.69) is 26.3 Å². The number of nitrogens with one attached hydrogen (secondary N) is 3. The molecule has 3 N–H and O–H groups in total. The van der Waals surface area contributed by atoms with Gasteiger partial charge in [-0.3, -0.25) is 24.0 Å². The number of fused-ring (bicyclic) bond motifs is 3. The fourth-order valence-corrected chi connectivity index (χ4v) is 9.41. The average Bonchev–Trinajstić information content (AvgIpc) is 4.03. The van der Waals surface area contributed by atoms with Crippen LogP contribution in [0.1, 0.15) is 89.7 Å². The number of alkyl carbamates (subject to hydrolysis) is 1. The molecule has 16 nitrogen and oxygen atoms in total. The number of hydrogen-bond donors (Lipinski definition) is 3. The zero-order valence-corrected chi connectivity index (χ0v) is 33.2. The summed E-state index contributed by atoms with van der Waals surface area (Å²) in [5.41, 5.74) is 0.720. The maximum Gasteiger partial charge on any atom is 0.410 e. The van der Waals surface area contributed by atoms with E-state index in [1.54, 1.807) is 25.7 Å². The molecule has 0 spiro atoms. The van der Waals surface area contributed by atoms with Crippen LogP contribution in [0.4, 0.5) is 15.3 Å². The van der Waals surface area contributed by atoms with Gasteiger partial charge in [-0.2, -0.15) is 0 Å². The van der Waals surface area contributed by atoms with Crippen molar-refractivity contribution in [2.45, 2.75) is 126 Å². The van der Waals surface area contributed by atoms with Crippen molar-refractivity contribution in [1.29, 1.82) is 0 Å². The molecule has 17 heteroatoms. The average molecular weight is 799 g/mol. The Morgan fingerprint density at radius 3 is 2.48 bits per heavy atom. The maximum absolute atomic E-state index is 14.4. The lowest BCUT2D eigenvalue weighted by molar-refractivity contribution is -0.141. The van der Waals surface area contributed by atoms with Gasteiger partial charge in [-0.05, 0) is 82.6 Å². The van der Waals surface area contributed by atoms with E-state index in [4.69, 9.17) is 14.2 Å². The van der Waals surface area contributed by atoms with Gasteiger partial charge in [-0.25, -0.2) is 18.0 Å². The van der Waals surface area contributed by atoms with E-state index >= 15 is 0 Å². The zero-order valence-electron chi connectivity index (χ0n) is 32.4. The van der Waals surface area contributed by atoms with E-state index in [1.807, 2.05) is 24.3 Å². The third-order valence-corrected chi connectivity index (χ3v) is 13.2. The minimum Gasteiger partial charge on any atom is -0.444 e. The molecule has 2 saturated carbocycles. The topological polar surface area (TPSA) is 193 Å². The number of nitrogens with zero attached hydrogens (tertiary/aromatic N) is 3. The van der Waals surface area contributed by atoms with Gasteiger partial charge in [0.25, 0.3) is 5.91 Å². The van der Waals surface area contributed by atoms with Crippen molar-refractivity contribution in [3.8, 4) is 0 Å². The standard InChI is InChI=1S/C39H54N6O10S/c1-38(2,3)55-36(49)40-31-10-8-6-4-5-7-9-27-21-39(27,35(48)42-56(51,52)30-13-14-30)41-33(46)32-20-29(24-45(32)34(31)47)54-37(50)44-22-25-11-12-28(19-26(25)23-44)43-15-17-53-18-16-43/h7,9,11-12,19,27,29-32H,4-6,8,10,13-18,20-24H2,1-3H3,(H,40,49)(H,41,46)(H,42,48)/b9-7+/t27-,29-,31+,32+,39-/m1/s1. The van der Waals surface area contributed by atoms with Gasteiger partial charge in [0.2, 0.25) is 21.8 Å². The Hall–Kier alpha value is -4.38. The molecule has 4 aliphatic heterocycles. The third-order valence-electron chi connectivity index (χ3n) is 11.3. The largest absolute Gasteiger partial charge is 0.444 e. The van der Waals surface area contributed by atoms with Crippen LogP contribution in [0.15, 0.2) is 30.4 Å². The van der Waals surface area contributed by atoms with Gasteiger partial charge in [0.05, 0.1) is 25.0 Å². The number of morpholine rings is 1. The molecule has 5 amide bonds. The summed E-state index contributed by atoms with van der Waals surface area (Å²) >= 11 is 0. The van der Waals surface area contributed by atoms with Crippen LogP contribution in [0.5, 0.6) is 0 Å². The number of amides is 5. The van der Waals surface area contributed by atoms with Crippen molar-refractivity contribution < 1.29 is 46.6 Å². The Morgan fingerprint density at radius 1 is 1.00 bits per heavy atom. The summed E-state index contributed by atoms with van der Waals surface area (Å²) in [7, 11) is -3.91. The van der Waals surface area contributed by atoms with Gasteiger partial charge in [0.15, 0.2) is 0 Å². The molecule has 1 aromatic rings. The molecule has 7 rings (SSSR count). The Bertz CT molecular complexity index is 1860. The van der Waals surface area contributed by atoms with E-state index in [1.165, 1.54) is 4.90 Å². The summed E-state index contributed by atoms with van der Waals surface area (Å²) in [6, 6.07) is 3.92. The molecule has 0 bridgehead atoms. The molecular formula is C39H54N6O10S. The van der Waals surface area contributed by atoms with Crippen molar-refractivity contribution in [1.82, 2.24) is 25.2 Å². The van der Waals surface area contributed by atoms with Gasteiger partial charge in [-0.15, -0.1) is 0 Å². The first-order chi connectivity index (χ1) is 26.6. The number of sulfonamides is 1. The molecule has 2 saturated heterocycles. The summed E-state index contributed by atoms with van der Waals surface area (Å²) in [5, 5.41) is 4.91. The molecule has 306 valence electrons. The number of carbonyl (C=O) groups excluding carboxylic acids is 5. The number of ether oxygens (including phenoxy) is 3. The van der Waals surface area contributed by atoms with Crippen molar-refractivity contribution in [2.24, 2.45) is 5.92 Å². The first-order valence-corrected chi connectivity index (χ1v) is 21.4. The summed E-state index contributed by atoms with van der Waals surface area (Å²) < 4.78 is 44.8. The van der Waals surface area contributed by atoms with E-state index in [-0.39, 0.29) is 25.8 Å². The van der Waals surface area contributed by atoms with E-state index in [9.17, 15) is 32.4 Å². The highest BCUT2D eigenvalue weighted by Gasteiger charge is 2.62. The van der Waals surface area contributed by atoms with Crippen LogP contribution in [-0.2, 0) is 51.7 Å². The normalized spacial score (nSPS) is 29.1. The van der Waals surface area contributed by atoms with E-state index < -0.39 is 80.4 Å². The smallest absolute Gasteiger partial charge is 0.410 e. The van der Waals surface area contributed by atoms with Crippen LogP contribution in [0.2, 0.25) is 0 Å². The number of anilines is 1. The molecule has 0 unspecified atom stereocenters. The Kier molecular flexibility index (Phi) is 11.3. The highest BCUT2D eigenvalue weighted by atomic mass is 32.2. The minimum absolute atomic E-state index is 0.0665. The summed E-state index contributed by atoms with van der Waals surface area (Å²) in [5.74, 6) is -2.49. The monoisotopic (exact) mass is 798 g/mol. The minimum atomic E-state index is -3.91. The van der Waals surface area contributed by atoms with Crippen LogP contribution < -0.4 is 20.3 Å². The lowest BCUT2D eigenvalue weighted by atomic mass is 10.0. The van der Waals surface area contributed by atoms with Crippen LogP contribution in [0.3, 0.4) is 0 Å². The summed E-state index contributed by atoms with van der Waals surface area (Å²) in [6.45, 7) is 8.57. The number of benzene rings is 1. The number of carbonyl (C=O) groups is 5. The van der Waals surface area contributed by atoms with E-state index in [0.29, 0.717) is 52.0 Å². The van der Waals surface area contributed by atoms with Crippen LogP contribution in [0, 0.1) is 5.92 Å². The van der Waals surface area contributed by atoms with Gasteiger partial charge in [0, 0.05) is 44.2 Å². The highest BCUT2D eigenvalue weighted by molar-refractivity contribution is 7.91. The quantitative estimate of drug-likeness (QED) is 0.359. The first-order valence-electron chi connectivity index (χ1n) is 19.9. The summed E-state index contributed by atoms with van der Waals surface area (Å²) in [4.78, 5) is 74.2. The molecule has 2 aliphatic carbocycles. The zero-order chi connectivity index (χ0) is 39.8. The number of hydrogen-bond acceptors (Lipinski definition) is 11. The first kappa shape index (κ1) is 39.8. The molecule has 56 heavy (non-hydrogen) atoms. The SMILES string of the molecule is CC(C)(C)OC(=O)N[C@H]1CCCCC/C=C/[C@@H]2C[C@@]2(C(=O)NS(=O)(=O)C2CC2)NC(=O)[C@@H]2C[C@@H](OC(=O)N3Cc4ccc(N5CCOCC5)cc4C3)CN2C1=O. The predicted octanol–water partition coefficient (Wildman–Crippen LogP) is 2.84. The molecule has 0 aromatic heterocycles. The second kappa shape index (κ2) is 15.9. The second-order valence-electron chi connectivity index (χ2n) is 16.9. The Morgan fingerprint density at radius 2 is 1.75 bits per heavy atom. The predicted molar refractivity (Wildman–Crippen MR) is 204 cm³/mol. The van der Waals surface area contributed by atoms with Crippen LogP contribution in [0.25, 0.3) is 0 Å². The van der Waals surface area contributed by atoms with Crippen molar-refractivity contribution in [3.63, 3.8) is 0 Å². The Labute approximate surface area is 328 Å². The molecule has 4 heterocycles. The van der Waals surface area contributed by atoms with Gasteiger partial charge in [0.1, 0.15) is 29.3 Å². The summed E-state index contributed by atoms with van der Waals surface area (Å²) in [6.07, 6.45) is 5.64. The number of rotatable bonds is 6. The number of allylic oxidation sites excluding steroid dienone is 1. The Balaban J connectivity index is 1.10. The lowest BCUT2D eigenvalue weighted by Gasteiger charge is -2.30. The molecule has 6 aliphatic rings. The molecular weight excluding hydrogens is 745 g/mol. The van der Waals surface area contributed by atoms with Crippen molar-refractivity contribution >= 4 is 45.6 Å². The molecule has 0 radical (unpaired) electrons. The van der Waals surface area contributed by atoms with Gasteiger partial charge >= 0.3 is 12.2 Å². The lowest BCUT2D eigenvalue weighted by Crippen LogP contribution is -2.58. The van der Waals surface area contributed by atoms with Crippen LogP contribution in [-0.4, -0.2) is 116 Å². The van der Waals surface area contributed by atoms with Gasteiger partial charge < -0.3 is 34.6 Å². The fraction of sp³-hybridized carbons (Fsp3) is 0.667. The molecule has 4 fully saturated rings. The van der Waals surface area contributed by atoms with Gasteiger partial charge in [-0.1, -0.05) is 31.1 Å². The second-order valence-corrected chi connectivity index (χ2v) is 18.8. The third kappa shape index (κ3) is 9.09.